The molecule has 1 aliphatic rings. The van der Waals surface area contributed by atoms with E-state index in [1.807, 2.05) is 12.1 Å². The second kappa shape index (κ2) is 6.79. The van der Waals surface area contributed by atoms with E-state index in [1.54, 1.807) is 7.11 Å². The Kier molecular flexibility index (Phi) is 5.33. The molecule has 3 nitrogen and oxygen atoms in total. The summed E-state index contributed by atoms with van der Waals surface area (Å²) in [5, 5.41) is 0. The van der Waals surface area contributed by atoms with E-state index in [0.29, 0.717) is 17.1 Å². The molecule has 0 saturated carbocycles. The summed E-state index contributed by atoms with van der Waals surface area (Å²) in [6, 6.07) is 5.29. The fraction of sp³-hybridized carbons (Fsp3) is 0.571. The number of hydrogen-bond acceptors (Lipinski definition) is 3. The number of nitrogens with two attached hydrogens (primary N) is 1. The highest BCUT2D eigenvalue weighted by atomic mass is 79.9. The lowest BCUT2D eigenvalue weighted by atomic mass is 10.0. The molecule has 0 amide bonds. The predicted octanol–water partition coefficient (Wildman–Crippen LogP) is 2.70. The van der Waals surface area contributed by atoms with E-state index in [4.69, 9.17) is 10.5 Å². The number of nitrogens with zero attached hydrogens (tertiary/aromatic N) is 1. The molecule has 5 heteroatoms. The summed E-state index contributed by atoms with van der Waals surface area (Å²) in [6.45, 7) is 2.47. The van der Waals surface area contributed by atoms with E-state index in [2.05, 4.69) is 20.8 Å². The van der Waals surface area contributed by atoms with Crippen molar-refractivity contribution in [2.45, 2.75) is 25.0 Å². The monoisotopic (exact) mass is 330 g/mol. The zero-order chi connectivity index (χ0) is 13.8. The molecule has 1 aromatic carbocycles. The summed E-state index contributed by atoms with van der Waals surface area (Å²) < 4.78 is 19.2. The van der Waals surface area contributed by atoms with Gasteiger partial charge in [0.2, 0.25) is 0 Å². The molecule has 0 bridgehead atoms. The molecule has 1 unspecified atom stereocenters. The number of benzene rings is 1. The van der Waals surface area contributed by atoms with Crippen molar-refractivity contribution in [2.75, 3.05) is 26.7 Å². The maximum absolute atomic E-state index is 13.3. The maximum atomic E-state index is 13.3. The molecule has 1 saturated heterocycles. The molecular formula is C14H20BrFN2O. The van der Waals surface area contributed by atoms with Gasteiger partial charge in [0.1, 0.15) is 5.82 Å². The van der Waals surface area contributed by atoms with Crippen molar-refractivity contribution in [2.24, 2.45) is 5.73 Å². The molecule has 1 fully saturated rings. The molecular weight excluding hydrogens is 311 g/mol. The van der Waals surface area contributed by atoms with Crippen LogP contribution < -0.4 is 5.73 Å². The van der Waals surface area contributed by atoms with Crippen LogP contribution in [0.25, 0.3) is 0 Å². The lowest BCUT2D eigenvalue weighted by Gasteiger charge is -2.37. The summed E-state index contributed by atoms with van der Waals surface area (Å²) in [7, 11) is 1.76. The summed E-state index contributed by atoms with van der Waals surface area (Å²) in [5.41, 5.74) is 6.97. The zero-order valence-electron chi connectivity index (χ0n) is 11.1. The average Bonchev–Trinajstić information content (AvgIpc) is 2.44. The maximum Gasteiger partial charge on any atom is 0.137 e. The summed E-state index contributed by atoms with van der Waals surface area (Å²) >= 11 is 3.23. The molecule has 0 spiro atoms. The first-order valence-electron chi connectivity index (χ1n) is 6.57. The van der Waals surface area contributed by atoms with Crippen molar-refractivity contribution in [1.82, 2.24) is 4.90 Å². The van der Waals surface area contributed by atoms with Gasteiger partial charge in [-0.2, -0.15) is 0 Å². The van der Waals surface area contributed by atoms with Crippen molar-refractivity contribution in [3.8, 4) is 0 Å². The smallest absolute Gasteiger partial charge is 0.137 e. The van der Waals surface area contributed by atoms with Crippen LogP contribution in [0, 0.1) is 5.82 Å². The van der Waals surface area contributed by atoms with E-state index >= 15 is 0 Å². The Labute approximate surface area is 122 Å². The quantitative estimate of drug-likeness (QED) is 0.922. The van der Waals surface area contributed by atoms with Gasteiger partial charge in [-0.1, -0.05) is 6.07 Å². The first-order valence-corrected chi connectivity index (χ1v) is 7.37. The molecule has 1 aromatic rings. The van der Waals surface area contributed by atoms with Gasteiger partial charge < -0.3 is 10.5 Å². The van der Waals surface area contributed by atoms with E-state index in [9.17, 15) is 4.39 Å². The molecule has 1 heterocycles. The highest BCUT2D eigenvalue weighted by molar-refractivity contribution is 9.10. The van der Waals surface area contributed by atoms with Gasteiger partial charge >= 0.3 is 0 Å². The number of halogens is 2. The molecule has 2 rings (SSSR count). The van der Waals surface area contributed by atoms with E-state index < -0.39 is 0 Å². The van der Waals surface area contributed by atoms with Crippen molar-refractivity contribution >= 4 is 15.9 Å². The number of hydrogen-bond donors (Lipinski definition) is 1. The standard InChI is InChI=1S/C14H20BrFN2O/c1-19-11-4-6-18(7-5-11)14(9-17)10-2-3-13(16)12(15)8-10/h2-3,8,11,14H,4-7,9,17H2,1H3. The minimum Gasteiger partial charge on any atom is -0.381 e. The Morgan fingerprint density at radius 1 is 1.47 bits per heavy atom. The molecule has 1 aliphatic heterocycles. The van der Waals surface area contributed by atoms with Gasteiger partial charge in [-0.05, 0) is 46.5 Å². The highest BCUT2D eigenvalue weighted by Gasteiger charge is 2.25. The number of ether oxygens (including phenoxy) is 1. The molecule has 0 aliphatic carbocycles. The van der Waals surface area contributed by atoms with Crippen molar-refractivity contribution < 1.29 is 9.13 Å². The molecule has 0 radical (unpaired) electrons. The lowest BCUT2D eigenvalue weighted by molar-refractivity contribution is 0.0280. The van der Waals surface area contributed by atoms with Gasteiger partial charge in [0.05, 0.1) is 10.6 Å². The summed E-state index contributed by atoms with van der Waals surface area (Å²) in [5.74, 6) is -0.238. The van der Waals surface area contributed by atoms with Gasteiger partial charge in [-0.25, -0.2) is 4.39 Å². The Morgan fingerprint density at radius 2 is 2.16 bits per heavy atom. The number of methoxy groups -OCH3 is 1. The molecule has 106 valence electrons. The normalized spacial score (nSPS) is 19.6. The van der Waals surface area contributed by atoms with Crippen molar-refractivity contribution in [1.29, 1.82) is 0 Å². The van der Waals surface area contributed by atoms with Gasteiger partial charge in [0, 0.05) is 32.8 Å². The Balaban J connectivity index is 2.09. The van der Waals surface area contributed by atoms with E-state index in [1.165, 1.54) is 6.07 Å². The van der Waals surface area contributed by atoms with Crippen molar-refractivity contribution in [3.63, 3.8) is 0 Å². The van der Waals surface area contributed by atoms with Crippen LogP contribution in [0.2, 0.25) is 0 Å². The second-order valence-electron chi connectivity index (χ2n) is 4.90. The first kappa shape index (κ1) is 14.9. The van der Waals surface area contributed by atoms with Crippen LogP contribution in [-0.2, 0) is 4.74 Å². The topological polar surface area (TPSA) is 38.5 Å². The summed E-state index contributed by atoms with van der Waals surface area (Å²) in [4.78, 5) is 2.36. The van der Waals surface area contributed by atoms with Crippen LogP contribution >= 0.6 is 15.9 Å². The Hall–Kier alpha value is -0.490. The third-order valence-corrected chi connectivity index (χ3v) is 4.41. The minimum atomic E-state index is -0.238. The van der Waals surface area contributed by atoms with Gasteiger partial charge in [-0.3, -0.25) is 4.90 Å². The van der Waals surface area contributed by atoms with Crippen LogP contribution in [0.15, 0.2) is 22.7 Å². The van der Waals surface area contributed by atoms with Gasteiger partial charge in [0.25, 0.3) is 0 Å². The minimum absolute atomic E-state index is 0.148. The third kappa shape index (κ3) is 3.54. The fourth-order valence-electron chi connectivity index (χ4n) is 2.64. The largest absolute Gasteiger partial charge is 0.381 e. The van der Waals surface area contributed by atoms with Crippen LogP contribution in [-0.4, -0.2) is 37.7 Å². The molecule has 2 N–H and O–H groups in total. The Morgan fingerprint density at radius 3 is 2.68 bits per heavy atom. The fourth-order valence-corrected chi connectivity index (χ4v) is 3.04. The third-order valence-electron chi connectivity index (χ3n) is 3.80. The predicted molar refractivity (Wildman–Crippen MR) is 77.5 cm³/mol. The zero-order valence-corrected chi connectivity index (χ0v) is 12.7. The van der Waals surface area contributed by atoms with E-state index in [0.717, 1.165) is 31.5 Å². The number of piperidine rings is 1. The average molecular weight is 331 g/mol. The Bertz CT molecular complexity index is 422. The first-order chi connectivity index (χ1) is 9.15. The van der Waals surface area contributed by atoms with Crippen LogP contribution in [0.4, 0.5) is 4.39 Å². The SMILES string of the molecule is COC1CCN(C(CN)c2ccc(F)c(Br)c2)CC1. The van der Waals surface area contributed by atoms with Crippen LogP contribution in [0.5, 0.6) is 0 Å². The molecule has 1 atom stereocenters. The van der Waals surface area contributed by atoms with Crippen LogP contribution in [0.1, 0.15) is 24.4 Å². The van der Waals surface area contributed by atoms with Gasteiger partial charge in [0.15, 0.2) is 0 Å². The number of rotatable bonds is 4. The van der Waals surface area contributed by atoms with E-state index in [-0.39, 0.29) is 11.9 Å². The molecule has 0 aromatic heterocycles. The lowest BCUT2D eigenvalue weighted by Crippen LogP contribution is -2.41. The summed E-state index contributed by atoms with van der Waals surface area (Å²) in [6.07, 6.45) is 2.40. The van der Waals surface area contributed by atoms with Crippen molar-refractivity contribution in [3.05, 3.63) is 34.1 Å². The highest BCUT2D eigenvalue weighted by Crippen LogP contribution is 2.27. The molecule has 19 heavy (non-hydrogen) atoms. The second-order valence-corrected chi connectivity index (χ2v) is 5.75. The number of likely N-dealkylation sites (tertiary alicyclic amines) is 1. The van der Waals surface area contributed by atoms with Crippen LogP contribution in [0.3, 0.4) is 0 Å². The van der Waals surface area contributed by atoms with Gasteiger partial charge in [-0.15, -0.1) is 0 Å².